The van der Waals surface area contributed by atoms with Crippen LogP contribution in [0.15, 0.2) is 71.5 Å². The first-order chi connectivity index (χ1) is 22.3. The predicted molar refractivity (Wildman–Crippen MR) is 161 cm³/mol. The molecule has 1 aliphatic heterocycles. The van der Waals surface area contributed by atoms with Crippen LogP contribution in [-0.4, -0.2) is 57.2 Å². The number of nitrogens with one attached hydrogen (secondary N) is 1. The van der Waals surface area contributed by atoms with Crippen molar-refractivity contribution in [1.29, 1.82) is 0 Å². The Balaban J connectivity index is 1.28. The van der Waals surface area contributed by atoms with Gasteiger partial charge in [0.15, 0.2) is 0 Å². The van der Waals surface area contributed by atoms with Gasteiger partial charge < -0.3 is 19.6 Å². The van der Waals surface area contributed by atoms with Gasteiger partial charge in [0.1, 0.15) is 22.7 Å². The maximum atomic E-state index is 13.4. The molecule has 1 aliphatic rings. The molecular weight excluding hydrogens is 628 g/mol. The van der Waals surface area contributed by atoms with E-state index in [-0.39, 0.29) is 31.4 Å². The van der Waals surface area contributed by atoms with Gasteiger partial charge in [-0.25, -0.2) is 9.78 Å². The van der Waals surface area contributed by atoms with Gasteiger partial charge in [0.05, 0.1) is 11.1 Å². The van der Waals surface area contributed by atoms with E-state index in [1.165, 1.54) is 4.90 Å². The second kappa shape index (κ2) is 12.5. The lowest BCUT2D eigenvalue weighted by atomic mass is 10.1. The van der Waals surface area contributed by atoms with Crippen molar-refractivity contribution in [2.75, 3.05) is 36.4 Å². The number of fused-ring (bicyclic) bond motifs is 1. The number of pyridine rings is 1. The molecule has 0 bridgehead atoms. The number of hydrogen-bond donors (Lipinski definition) is 1. The standard InChI is InChI=1S/C32H27F6N7O2/c1-19-5-7-20(8-6-19)14-25-41-28(26-27(43-47-29(26)42-25)21-4-2-9-39-18-21)44-10-3-11-45(13-12-44)30(46)40-24-16-22(31(33,34)35)15-23(17-24)32(36,37)38/h2,4-9,15-18H,3,10-14H2,1H3,(H,40,46). The van der Waals surface area contributed by atoms with E-state index in [4.69, 9.17) is 9.51 Å². The number of benzene rings is 2. The molecule has 244 valence electrons. The van der Waals surface area contributed by atoms with E-state index in [1.54, 1.807) is 18.5 Å². The Morgan fingerprint density at radius 1 is 0.915 bits per heavy atom. The van der Waals surface area contributed by atoms with Crippen molar-refractivity contribution >= 4 is 28.6 Å². The summed E-state index contributed by atoms with van der Waals surface area (Å²) in [5.74, 6) is 1.00. The number of aryl methyl sites for hydroxylation is 1. The zero-order valence-electron chi connectivity index (χ0n) is 24.9. The average molecular weight is 656 g/mol. The molecule has 1 fully saturated rings. The van der Waals surface area contributed by atoms with Crippen molar-refractivity contribution in [3.63, 3.8) is 0 Å². The molecule has 0 atom stereocenters. The zero-order valence-corrected chi connectivity index (χ0v) is 24.9. The minimum absolute atomic E-state index is 0.0134. The number of anilines is 2. The molecule has 15 heteroatoms. The summed E-state index contributed by atoms with van der Waals surface area (Å²) < 4.78 is 85.8. The maximum absolute atomic E-state index is 13.4. The molecular formula is C32H27F6N7O2. The number of urea groups is 1. The highest BCUT2D eigenvalue weighted by molar-refractivity contribution is 5.98. The molecule has 6 rings (SSSR count). The van der Waals surface area contributed by atoms with Crippen LogP contribution in [0.3, 0.4) is 0 Å². The average Bonchev–Trinajstić information content (AvgIpc) is 3.29. The van der Waals surface area contributed by atoms with E-state index < -0.39 is 35.2 Å². The third-order valence-corrected chi connectivity index (χ3v) is 7.70. The van der Waals surface area contributed by atoms with Crippen LogP contribution in [0.1, 0.15) is 34.5 Å². The van der Waals surface area contributed by atoms with Crippen LogP contribution in [0.2, 0.25) is 0 Å². The van der Waals surface area contributed by atoms with E-state index in [0.29, 0.717) is 59.8 Å². The molecule has 2 aromatic carbocycles. The van der Waals surface area contributed by atoms with Crippen molar-refractivity contribution < 1.29 is 35.7 Å². The first kappa shape index (κ1) is 31.8. The summed E-state index contributed by atoms with van der Waals surface area (Å²) in [6, 6.07) is 11.7. The Bertz CT molecular complexity index is 1860. The first-order valence-electron chi connectivity index (χ1n) is 14.6. The number of carbonyl (C=O) groups is 1. The Labute approximate surface area is 264 Å². The molecule has 0 aliphatic carbocycles. The Morgan fingerprint density at radius 3 is 2.30 bits per heavy atom. The highest BCUT2D eigenvalue weighted by Crippen LogP contribution is 2.38. The smallest absolute Gasteiger partial charge is 0.354 e. The minimum atomic E-state index is -5.04. The highest BCUT2D eigenvalue weighted by Gasteiger charge is 2.37. The number of halogens is 6. The molecule has 2 amide bonds. The largest absolute Gasteiger partial charge is 0.416 e. The lowest BCUT2D eigenvalue weighted by Crippen LogP contribution is -2.38. The quantitative estimate of drug-likeness (QED) is 0.198. The molecule has 1 saturated heterocycles. The van der Waals surface area contributed by atoms with Crippen molar-refractivity contribution in [2.24, 2.45) is 0 Å². The van der Waals surface area contributed by atoms with Crippen molar-refractivity contribution in [3.8, 4) is 11.3 Å². The molecule has 4 heterocycles. The van der Waals surface area contributed by atoms with Crippen LogP contribution in [0, 0.1) is 6.92 Å². The van der Waals surface area contributed by atoms with E-state index in [2.05, 4.69) is 20.4 Å². The van der Waals surface area contributed by atoms with Gasteiger partial charge in [-0.05, 0) is 49.2 Å². The maximum Gasteiger partial charge on any atom is 0.416 e. The SMILES string of the molecule is Cc1ccc(Cc2nc(N3CCCN(C(=O)Nc4cc(C(F)(F)F)cc(C(F)(F)F)c4)CC3)c3c(-c4cccnc4)noc3n2)cc1. The molecule has 47 heavy (non-hydrogen) atoms. The van der Waals surface area contributed by atoms with E-state index in [0.717, 1.165) is 11.1 Å². The van der Waals surface area contributed by atoms with Crippen molar-refractivity contribution in [3.05, 3.63) is 95.1 Å². The van der Waals surface area contributed by atoms with Crippen molar-refractivity contribution in [2.45, 2.75) is 32.1 Å². The van der Waals surface area contributed by atoms with Crippen LogP contribution in [-0.2, 0) is 18.8 Å². The minimum Gasteiger partial charge on any atom is -0.354 e. The predicted octanol–water partition coefficient (Wildman–Crippen LogP) is 7.36. The molecule has 0 spiro atoms. The number of rotatable bonds is 5. The Kier molecular flexibility index (Phi) is 8.47. The Morgan fingerprint density at radius 2 is 1.64 bits per heavy atom. The summed E-state index contributed by atoms with van der Waals surface area (Å²) in [5, 5.41) is 7.04. The molecule has 5 aromatic rings. The van der Waals surface area contributed by atoms with Gasteiger partial charge in [-0.2, -0.15) is 31.3 Å². The molecule has 3 aromatic heterocycles. The van der Waals surface area contributed by atoms with Crippen LogP contribution in [0.25, 0.3) is 22.4 Å². The number of nitrogens with zero attached hydrogens (tertiary/aromatic N) is 6. The summed E-state index contributed by atoms with van der Waals surface area (Å²) in [6.07, 6.45) is -5.99. The third-order valence-electron chi connectivity index (χ3n) is 7.70. The molecule has 0 saturated carbocycles. The van der Waals surface area contributed by atoms with Gasteiger partial charge in [0.2, 0.25) is 0 Å². The van der Waals surface area contributed by atoms with Gasteiger partial charge >= 0.3 is 18.4 Å². The van der Waals surface area contributed by atoms with E-state index in [9.17, 15) is 31.1 Å². The van der Waals surface area contributed by atoms with Gasteiger partial charge in [0.25, 0.3) is 5.71 Å². The van der Waals surface area contributed by atoms with Gasteiger partial charge in [-0.3, -0.25) is 4.98 Å². The molecule has 0 unspecified atom stereocenters. The van der Waals surface area contributed by atoms with Crippen LogP contribution >= 0.6 is 0 Å². The van der Waals surface area contributed by atoms with E-state index in [1.807, 2.05) is 42.2 Å². The fourth-order valence-electron chi connectivity index (χ4n) is 5.34. The topological polar surface area (TPSA) is 100 Å². The second-order valence-corrected chi connectivity index (χ2v) is 11.1. The Hall–Kier alpha value is -5.21. The summed E-state index contributed by atoms with van der Waals surface area (Å²) in [4.78, 5) is 30.2. The molecule has 1 N–H and O–H groups in total. The van der Waals surface area contributed by atoms with Gasteiger partial charge in [-0.15, -0.1) is 0 Å². The summed E-state index contributed by atoms with van der Waals surface area (Å²) in [7, 11) is 0. The normalized spacial score (nSPS) is 14.4. The zero-order chi connectivity index (χ0) is 33.3. The monoisotopic (exact) mass is 655 g/mol. The number of hydrogen-bond acceptors (Lipinski definition) is 7. The van der Waals surface area contributed by atoms with Gasteiger partial charge in [0, 0.05) is 56.2 Å². The fraction of sp³-hybridized carbons (Fsp3) is 0.281. The second-order valence-electron chi connectivity index (χ2n) is 11.1. The lowest BCUT2D eigenvalue weighted by molar-refractivity contribution is -0.143. The van der Waals surface area contributed by atoms with Crippen LogP contribution in [0.4, 0.5) is 42.6 Å². The number of alkyl halides is 6. The first-order valence-corrected chi connectivity index (χ1v) is 14.6. The van der Waals surface area contributed by atoms with Crippen LogP contribution in [0.5, 0.6) is 0 Å². The number of carbonyl (C=O) groups excluding carboxylic acids is 1. The number of amides is 2. The summed E-state index contributed by atoms with van der Waals surface area (Å²) in [5.41, 5.74) is -0.133. The van der Waals surface area contributed by atoms with Gasteiger partial charge in [-0.1, -0.05) is 35.0 Å². The highest BCUT2D eigenvalue weighted by atomic mass is 19.4. The van der Waals surface area contributed by atoms with Crippen LogP contribution < -0.4 is 10.2 Å². The molecule has 0 radical (unpaired) electrons. The fourth-order valence-corrected chi connectivity index (χ4v) is 5.34. The summed E-state index contributed by atoms with van der Waals surface area (Å²) >= 11 is 0. The van der Waals surface area contributed by atoms with E-state index >= 15 is 0 Å². The van der Waals surface area contributed by atoms with Crippen molar-refractivity contribution in [1.82, 2.24) is 25.0 Å². The lowest BCUT2D eigenvalue weighted by Gasteiger charge is -2.24. The summed E-state index contributed by atoms with van der Waals surface area (Å²) in [6.45, 7) is 2.96. The number of aromatic nitrogens is 4. The third kappa shape index (κ3) is 7.13. The molecule has 9 nitrogen and oxygen atoms in total.